The number of oxazole rings is 1. The van der Waals surface area contributed by atoms with Crippen molar-refractivity contribution in [1.29, 1.82) is 0 Å². The maximum absolute atomic E-state index is 13.6. The number of likely N-dealkylation sites (tertiary alicyclic amines) is 2. The maximum atomic E-state index is 13.6. The highest BCUT2D eigenvalue weighted by Gasteiger charge is 2.39. The molecule has 4 atom stereocenters. The number of hydrogen-bond acceptors (Lipinski definition) is 12. The van der Waals surface area contributed by atoms with Gasteiger partial charge in [-0.05, 0) is 49.7 Å². The summed E-state index contributed by atoms with van der Waals surface area (Å²) >= 11 is 0. The van der Waals surface area contributed by atoms with E-state index < -0.39 is 36.1 Å². The molecule has 3 aromatic heterocycles. The first-order chi connectivity index (χ1) is 26.9. The minimum absolute atomic E-state index is 0.0391. The first-order valence-corrected chi connectivity index (χ1v) is 18.7. The van der Waals surface area contributed by atoms with Gasteiger partial charge >= 0.3 is 12.2 Å². The quantitative estimate of drug-likeness (QED) is 0.115. The number of ketones is 1. The Labute approximate surface area is 323 Å². The molecular weight excluding hydrogens is 724 g/mol. The van der Waals surface area contributed by atoms with Crippen molar-refractivity contribution >= 4 is 41.3 Å². The van der Waals surface area contributed by atoms with E-state index in [0.717, 1.165) is 24.8 Å². The number of anilines is 2. The second-order valence-electron chi connectivity index (χ2n) is 14.5. The molecule has 5 heterocycles. The third-order valence-electron chi connectivity index (χ3n) is 10.1. The third-order valence-corrected chi connectivity index (χ3v) is 10.1. The Morgan fingerprint density at radius 2 is 1.32 bits per heavy atom. The van der Waals surface area contributed by atoms with Gasteiger partial charge in [-0.2, -0.15) is 4.98 Å². The summed E-state index contributed by atoms with van der Waals surface area (Å²) in [6.07, 6.45) is 6.01. The molecular formula is C38H48N10O8. The molecule has 5 N–H and O–H groups in total. The summed E-state index contributed by atoms with van der Waals surface area (Å²) in [6, 6.07) is 5.20. The number of benzene rings is 1. The predicted molar refractivity (Wildman–Crippen MR) is 202 cm³/mol. The molecule has 0 unspecified atom stereocenters. The number of carbonyl (C=O) groups is 5. The lowest BCUT2D eigenvalue weighted by atomic mass is 10.0. The summed E-state index contributed by atoms with van der Waals surface area (Å²) in [7, 11) is 2.51. The number of methoxy groups -OCH3 is 2. The van der Waals surface area contributed by atoms with Gasteiger partial charge in [-0.3, -0.25) is 14.4 Å². The topological polar surface area (TPSA) is 230 Å². The summed E-state index contributed by atoms with van der Waals surface area (Å²) in [4.78, 5) is 87.8. The molecule has 0 bridgehead atoms. The summed E-state index contributed by atoms with van der Waals surface area (Å²) in [6.45, 7) is 8.46. The molecule has 0 spiro atoms. The van der Waals surface area contributed by atoms with Crippen molar-refractivity contribution < 1.29 is 37.9 Å². The zero-order chi connectivity index (χ0) is 40.1. The maximum Gasteiger partial charge on any atom is 0.407 e. The normalized spacial score (nSPS) is 17.9. The molecule has 4 aromatic rings. The molecule has 4 amide bonds. The standard InChI is InChI=1S/C38H48N10O8/c1-20(2)28(45-37(52)54-5)35(50)47-15-7-9-26(47)32-39-17-24(43-32)22-11-13-23(14-12-22)42-34-31(56-19-41-34)30(49)25-18-40-33(44-25)27-10-8-16-48(27)36(51)29(21(3)4)46-38(53)55-6/h11-14,17-21,26-29,42H,7-10,15-16H2,1-6H3,(H,39,43)(H,40,44)(H,45,52)(H,46,53)/t26-,27-,28-,29-/m0/s1. The van der Waals surface area contributed by atoms with Crippen LogP contribution in [0, 0.1) is 11.8 Å². The van der Waals surface area contributed by atoms with E-state index in [-0.39, 0.29) is 47.0 Å². The number of imidazole rings is 2. The number of rotatable bonds is 13. The van der Waals surface area contributed by atoms with E-state index in [4.69, 9.17) is 18.9 Å². The van der Waals surface area contributed by atoms with Crippen LogP contribution >= 0.6 is 0 Å². The van der Waals surface area contributed by atoms with Crippen molar-refractivity contribution in [2.24, 2.45) is 11.8 Å². The van der Waals surface area contributed by atoms with Gasteiger partial charge in [-0.15, -0.1) is 0 Å². The predicted octanol–water partition coefficient (Wildman–Crippen LogP) is 4.85. The SMILES string of the molecule is COC(=O)N[C@H](C(=O)N1CCC[C@H]1c1nc(C(=O)c2ocnc2Nc2ccc(-c3c[nH]c([C@@H]4CCCN4C(=O)[C@@H](NC(=O)OC)C(C)C)n3)cc2)c[nH]1)C(C)C. The highest BCUT2D eigenvalue weighted by atomic mass is 16.5. The van der Waals surface area contributed by atoms with Gasteiger partial charge < -0.3 is 49.6 Å². The molecule has 18 heteroatoms. The summed E-state index contributed by atoms with van der Waals surface area (Å²) < 4.78 is 15.0. The van der Waals surface area contributed by atoms with E-state index in [1.165, 1.54) is 26.8 Å². The molecule has 2 aliphatic rings. The molecule has 18 nitrogen and oxygen atoms in total. The minimum atomic E-state index is -0.783. The van der Waals surface area contributed by atoms with E-state index in [1.807, 2.05) is 52.0 Å². The second kappa shape index (κ2) is 17.1. The Hall–Kier alpha value is -6.20. The number of amides is 4. The van der Waals surface area contributed by atoms with Crippen molar-refractivity contribution in [3.8, 4) is 11.3 Å². The summed E-state index contributed by atoms with van der Waals surface area (Å²) in [5.41, 5.74) is 2.24. The van der Waals surface area contributed by atoms with E-state index in [0.29, 0.717) is 42.5 Å². The first-order valence-electron chi connectivity index (χ1n) is 18.7. The number of H-pyrrole nitrogens is 2. The van der Waals surface area contributed by atoms with Crippen molar-refractivity contribution in [1.82, 2.24) is 45.4 Å². The zero-order valence-electron chi connectivity index (χ0n) is 32.3. The fourth-order valence-electron chi connectivity index (χ4n) is 7.14. The second-order valence-corrected chi connectivity index (χ2v) is 14.5. The van der Waals surface area contributed by atoms with Crippen LogP contribution in [0.4, 0.5) is 21.1 Å². The minimum Gasteiger partial charge on any atom is -0.453 e. The fraction of sp³-hybridized carbons (Fsp3) is 0.474. The van der Waals surface area contributed by atoms with Gasteiger partial charge in [0.2, 0.25) is 17.6 Å². The number of nitrogens with one attached hydrogen (secondary N) is 5. The number of nitrogens with zero attached hydrogens (tertiary/aromatic N) is 5. The zero-order valence-corrected chi connectivity index (χ0v) is 32.3. The highest BCUT2D eigenvalue weighted by Crippen LogP contribution is 2.34. The van der Waals surface area contributed by atoms with Crippen molar-refractivity contribution in [2.75, 3.05) is 32.6 Å². The Bertz CT molecular complexity index is 2040. The average Bonchev–Trinajstić information content (AvgIpc) is 4.04. The van der Waals surface area contributed by atoms with Crippen LogP contribution < -0.4 is 16.0 Å². The number of aromatic nitrogens is 5. The first kappa shape index (κ1) is 39.5. The van der Waals surface area contributed by atoms with Gasteiger partial charge in [-0.1, -0.05) is 39.8 Å². The molecule has 2 fully saturated rings. The molecule has 0 saturated carbocycles. The molecule has 1 aromatic carbocycles. The number of alkyl carbamates (subject to hydrolysis) is 2. The molecule has 298 valence electrons. The molecule has 0 radical (unpaired) electrons. The lowest BCUT2D eigenvalue weighted by Crippen LogP contribution is -2.51. The summed E-state index contributed by atoms with van der Waals surface area (Å²) in [5.74, 6) is 0.0120. The highest BCUT2D eigenvalue weighted by molar-refractivity contribution is 6.08. The van der Waals surface area contributed by atoms with Crippen LogP contribution in [-0.2, 0) is 19.1 Å². The lowest BCUT2D eigenvalue weighted by molar-refractivity contribution is -0.136. The average molecular weight is 773 g/mol. The molecule has 0 aliphatic carbocycles. The van der Waals surface area contributed by atoms with Crippen LogP contribution in [0.5, 0.6) is 0 Å². The number of carbonyl (C=O) groups excluding carboxylic acids is 5. The van der Waals surface area contributed by atoms with Crippen molar-refractivity contribution in [3.63, 3.8) is 0 Å². The van der Waals surface area contributed by atoms with Crippen LogP contribution in [0.2, 0.25) is 0 Å². The van der Waals surface area contributed by atoms with Gasteiger partial charge in [0.25, 0.3) is 5.78 Å². The Morgan fingerprint density at radius 1 is 0.786 bits per heavy atom. The van der Waals surface area contributed by atoms with Crippen molar-refractivity contribution in [2.45, 2.75) is 77.5 Å². The van der Waals surface area contributed by atoms with Crippen LogP contribution in [-0.4, -0.2) is 104 Å². The third kappa shape index (κ3) is 8.38. The van der Waals surface area contributed by atoms with Crippen LogP contribution in [0.25, 0.3) is 11.3 Å². The number of ether oxygens (including phenoxy) is 2. The molecule has 2 saturated heterocycles. The summed E-state index contributed by atoms with van der Waals surface area (Å²) in [5, 5.41) is 8.44. The van der Waals surface area contributed by atoms with Crippen LogP contribution in [0.3, 0.4) is 0 Å². The Balaban J connectivity index is 1.10. The number of aromatic amines is 2. The van der Waals surface area contributed by atoms with Gasteiger partial charge in [0.1, 0.15) is 29.4 Å². The van der Waals surface area contributed by atoms with E-state index >= 15 is 0 Å². The van der Waals surface area contributed by atoms with Gasteiger partial charge in [0, 0.05) is 36.7 Å². The molecule has 2 aliphatic heterocycles. The Kier molecular flexibility index (Phi) is 12.0. The largest absolute Gasteiger partial charge is 0.453 e. The van der Waals surface area contributed by atoms with Crippen LogP contribution in [0.1, 0.15) is 93.4 Å². The fourth-order valence-corrected chi connectivity index (χ4v) is 7.14. The van der Waals surface area contributed by atoms with Gasteiger partial charge in [-0.25, -0.2) is 19.6 Å². The smallest absolute Gasteiger partial charge is 0.407 e. The van der Waals surface area contributed by atoms with E-state index in [2.05, 4.69) is 35.9 Å². The molecule has 56 heavy (non-hydrogen) atoms. The lowest BCUT2D eigenvalue weighted by Gasteiger charge is -2.29. The monoisotopic (exact) mass is 772 g/mol. The van der Waals surface area contributed by atoms with Gasteiger partial charge in [0.05, 0.1) is 32.0 Å². The number of hydrogen-bond donors (Lipinski definition) is 5. The van der Waals surface area contributed by atoms with Gasteiger partial charge in [0.15, 0.2) is 12.2 Å². The van der Waals surface area contributed by atoms with Crippen LogP contribution in [0.15, 0.2) is 47.5 Å². The Morgan fingerprint density at radius 3 is 1.86 bits per heavy atom. The van der Waals surface area contributed by atoms with E-state index in [9.17, 15) is 24.0 Å². The van der Waals surface area contributed by atoms with Crippen molar-refractivity contribution in [3.05, 3.63) is 66.2 Å². The molecule has 6 rings (SSSR count). The van der Waals surface area contributed by atoms with E-state index in [1.54, 1.807) is 16.0 Å².